The van der Waals surface area contributed by atoms with E-state index in [4.69, 9.17) is 5.14 Å². The first kappa shape index (κ1) is 19.6. The quantitative estimate of drug-likeness (QED) is 0.764. The molecule has 0 saturated carbocycles. The molecule has 1 saturated heterocycles. The van der Waals surface area contributed by atoms with Gasteiger partial charge in [-0.15, -0.1) is 0 Å². The molecule has 1 aliphatic carbocycles. The van der Waals surface area contributed by atoms with Crippen LogP contribution in [0.1, 0.15) is 32.1 Å². The Balaban J connectivity index is 1.70. The van der Waals surface area contributed by atoms with E-state index in [0.29, 0.717) is 18.5 Å². The average Bonchev–Trinajstić information content (AvgIpc) is 2.68. The standard InChI is InChI=1S/C19H25N3O4S/c20-27(25,26)15-10-8-14(9-11-15)21-18(23)16-6-2-3-7-17(16)19(24)22-12-4-1-5-13-22/h2-3,8-11,16-17H,1,4-7,12-13H2,(H,21,23)(H2,20,25,26)/t16-,17+/m0/s1. The molecule has 1 aromatic carbocycles. The number of amides is 2. The smallest absolute Gasteiger partial charge is 0.238 e. The number of carbonyl (C=O) groups is 2. The number of primary sulfonamides is 1. The number of carbonyl (C=O) groups excluding carboxylic acids is 2. The Kier molecular flexibility index (Phi) is 5.96. The Labute approximate surface area is 159 Å². The third-order valence-electron chi connectivity index (χ3n) is 5.20. The normalized spacial score (nSPS) is 23.1. The minimum atomic E-state index is -3.77. The Morgan fingerprint density at radius 3 is 2.15 bits per heavy atom. The number of rotatable bonds is 4. The molecule has 27 heavy (non-hydrogen) atoms. The van der Waals surface area contributed by atoms with Gasteiger partial charge in [0.2, 0.25) is 21.8 Å². The molecule has 8 heteroatoms. The first-order valence-electron chi connectivity index (χ1n) is 9.24. The van der Waals surface area contributed by atoms with Crippen molar-refractivity contribution in [2.45, 2.75) is 37.0 Å². The van der Waals surface area contributed by atoms with Crippen molar-refractivity contribution < 1.29 is 18.0 Å². The fourth-order valence-electron chi connectivity index (χ4n) is 3.69. The van der Waals surface area contributed by atoms with Crippen LogP contribution < -0.4 is 10.5 Å². The number of piperidine rings is 1. The van der Waals surface area contributed by atoms with Gasteiger partial charge in [-0.2, -0.15) is 0 Å². The molecular formula is C19H25N3O4S. The van der Waals surface area contributed by atoms with Gasteiger partial charge in [0.15, 0.2) is 0 Å². The number of hydrogen-bond acceptors (Lipinski definition) is 4. The molecule has 3 N–H and O–H groups in total. The van der Waals surface area contributed by atoms with Crippen LogP contribution in [0.2, 0.25) is 0 Å². The second kappa shape index (κ2) is 8.22. The van der Waals surface area contributed by atoms with Crippen LogP contribution in [0.3, 0.4) is 0 Å². The van der Waals surface area contributed by atoms with E-state index >= 15 is 0 Å². The van der Waals surface area contributed by atoms with E-state index in [1.807, 2.05) is 17.1 Å². The maximum Gasteiger partial charge on any atom is 0.238 e. The van der Waals surface area contributed by atoms with Gasteiger partial charge in [-0.25, -0.2) is 13.6 Å². The van der Waals surface area contributed by atoms with Crippen LogP contribution in [0.15, 0.2) is 41.3 Å². The fraction of sp³-hybridized carbons (Fsp3) is 0.474. The van der Waals surface area contributed by atoms with Crippen molar-refractivity contribution in [2.75, 3.05) is 18.4 Å². The van der Waals surface area contributed by atoms with Crippen LogP contribution in [0.5, 0.6) is 0 Å². The highest BCUT2D eigenvalue weighted by Crippen LogP contribution is 2.30. The largest absolute Gasteiger partial charge is 0.342 e. The number of anilines is 1. The molecule has 0 spiro atoms. The molecule has 1 fully saturated rings. The number of benzene rings is 1. The summed E-state index contributed by atoms with van der Waals surface area (Å²) in [6, 6.07) is 5.69. The highest BCUT2D eigenvalue weighted by atomic mass is 32.2. The van der Waals surface area contributed by atoms with Crippen molar-refractivity contribution in [3.05, 3.63) is 36.4 Å². The molecule has 2 amide bonds. The molecule has 1 aliphatic heterocycles. The predicted octanol–water partition coefficient (Wildman–Crippen LogP) is 1.87. The van der Waals surface area contributed by atoms with Gasteiger partial charge in [-0.1, -0.05) is 12.2 Å². The summed E-state index contributed by atoms with van der Waals surface area (Å²) >= 11 is 0. The number of sulfonamides is 1. The summed E-state index contributed by atoms with van der Waals surface area (Å²) < 4.78 is 22.6. The number of nitrogens with zero attached hydrogens (tertiary/aromatic N) is 1. The van der Waals surface area contributed by atoms with E-state index < -0.39 is 15.9 Å². The van der Waals surface area contributed by atoms with Crippen LogP contribution in [0.25, 0.3) is 0 Å². The van der Waals surface area contributed by atoms with Crippen molar-refractivity contribution in [3.63, 3.8) is 0 Å². The van der Waals surface area contributed by atoms with Crippen LogP contribution in [0, 0.1) is 11.8 Å². The maximum atomic E-state index is 12.9. The first-order chi connectivity index (χ1) is 12.9. The van der Waals surface area contributed by atoms with E-state index in [2.05, 4.69) is 5.32 Å². The minimum absolute atomic E-state index is 0.0146. The molecular weight excluding hydrogens is 366 g/mol. The topological polar surface area (TPSA) is 110 Å². The van der Waals surface area contributed by atoms with Crippen molar-refractivity contribution >= 4 is 27.5 Å². The van der Waals surface area contributed by atoms with E-state index in [9.17, 15) is 18.0 Å². The second-order valence-electron chi connectivity index (χ2n) is 7.10. The number of nitrogens with one attached hydrogen (secondary N) is 1. The minimum Gasteiger partial charge on any atom is -0.342 e. The van der Waals surface area contributed by atoms with Crippen molar-refractivity contribution in [1.82, 2.24) is 4.90 Å². The molecule has 1 aromatic rings. The highest BCUT2D eigenvalue weighted by molar-refractivity contribution is 7.89. The van der Waals surface area contributed by atoms with Crippen molar-refractivity contribution in [2.24, 2.45) is 17.0 Å². The SMILES string of the molecule is NS(=O)(=O)c1ccc(NC(=O)[C@H]2CC=CC[C@H]2C(=O)N2CCCCC2)cc1. The molecule has 146 valence electrons. The van der Waals surface area contributed by atoms with Gasteiger partial charge in [-0.05, 0) is 56.4 Å². The zero-order valence-corrected chi connectivity index (χ0v) is 16.0. The van der Waals surface area contributed by atoms with Gasteiger partial charge in [0.05, 0.1) is 16.7 Å². The molecule has 0 aromatic heterocycles. The van der Waals surface area contributed by atoms with Crippen LogP contribution in [0.4, 0.5) is 5.69 Å². The predicted molar refractivity (Wildman–Crippen MR) is 102 cm³/mol. The second-order valence-corrected chi connectivity index (χ2v) is 8.66. The maximum absolute atomic E-state index is 12.9. The Hall–Kier alpha value is -2.19. The summed E-state index contributed by atoms with van der Waals surface area (Å²) in [7, 11) is -3.77. The van der Waals surface area contributed by atoms with E-state index in [0.717, 1.165) is 32.4 Å². The summed E-state index contributed by atoms with van der Waals surface area (Å²) in [5, 5.41) is 7.88. The lowest BCUT2D eigenvalue weighted by molar-refractivity contribution is -0.141. The van der Waals surface area contributed by atoms with Gasteiger partial charge in [0.25, 0.3) is 0 Å². The van der Waals surface area contributed by atoms with Gasteiger partial charge in [0.1, 0.15) is 0 Å². The van der Waals surface area contributed by atoms with Gasteiger partial charge in [0, 0.05) is 18.8 Å². The van der Waals surface area contributed by atoms with Gasteiger partial charge in [-0.3, -0.25) is 9.59 Å². The Morgan fingerprint density at radius 2 is 1.56 bits per heavy atom. The van der Waals surface area contributed by atoms with Crippen LogP contribution in [-0.2, 0) is 19.6 Å². The summed E-state index contributed by atoms with van der Waals surface area (Å²) in [5.74, 6) is -0.944. The first-order valence-corrected chi connectivity index (χ1v) is 10.8. The summed E-state index contributed by atoms with van der Waals surface area (Å²) in [6.45, 7) is 1.53. The third kappa shape index (κ3) is 4.75. The molecule has 3 rings (SSSR count). The van der Waals surface area contributed by atoms with E-state index in [-0.39, 0.29) is 22.6 Å². The average molecular weight is 391 g/mol. The molecule has 7 nitrogen and oxygen atoms in total. The fourth-order valence-corrected chi connectivity index (χ4v) is 4.20. The molecule has 2 aliphatic rings. The zero-order chi connectivity index (χ0) is 19.4. The van der Waals surface area contributed by atoms with Crippen molar-refractivity contribution in [3.8, 4) is 0 Å². The zero-order valence-electron chi connectivity index (χ0n) is 15.1. The van der Waals surface area contributed by atoms with Gasteiger partial charge >= 0.3 is 0 Å². The molecule has 1 heterocycles. The summed E-state index contributed by atoms with van der Waals surface area (Å²) in [5.41, 5.74) is 0.478. The number of likely N-dealkylation sites (tertiary alicyclic amines) is 1. The highest BCUT2D eigenvalue weighted by Gasteiger charge is 2.36. The van der Waals surface area contributed by atoms with Crippen LogP contribution >= 0.6 is 0 Å². The summed E-state index contributed by atoms with van der Waals surface area (Å²) in [6.07, 6.45) is 8.17. The van der Waals surface area contributed by atoms with Gasteiger partial charge < -0.3 is 10.2 Å². The lowest BCUT2D eigenvalue weighted by atomic mass is 9.81. The summed E-state index contributed by atoms with van der Waals surface area (Å²) in [4.78, 5) is 27.6. The van der Waals surface area contributed by atoms with Crippen LogP contribution in [-0.4, -0.2) is 38.2 Å². The Morgan fingerprint density at radius 1 is 0.963 bits per heavy atom. The van der Waals surface area contributed by atoms with E-state index in [1.54, 1.807) is 0 Å². The lowest BCUT2D eigenvalue weighted by Gasteiger charge is -2.34. The number of nitrogens with two attached hydrogens (primary N) is 1. The number of hydrogen-bond donors (Lipinski definition) is 2. The number of allylic oxidation sites excluding steroid dienone is 2. The lowest BCUT2D eigenvalue weighted by Crippen LogP contribution is -2.45. The van der Waals surface area contributed by atoms with Crippen molar-refractivity contribution in [1.29, 1.82) is 0 Å². The molecule has 0 radical (unpaired) electrons. The third-order valence-corrected chi connectivity index (χ3v) is 6.13. The molecule has 0 bridgehead atoms. The molecule has 0 unspecified atom stereocenters. The van der Waals surface area contributed by atoms with E-state index in [1.165, 1.54) is 24.3 Å². The molecule has 2 atom stereocenters. The Bertz CT molecular complexity index is 827. The monoisotopic (exact) mass is 391 g/mol.